The van der Waals surface area contributed by atoms with Crippen LogP contribution in [0, 0.1) is 0 Å². The Labute approximate surface area is 159 Å². The number of alkyl carbamates (subject to hydrolysis) is 1. The van der Waals surface area contributed by atoms with E-state index in [1.54, 1.807) is 12.4 Å². The van der Waals surface area contributed by atoms with Gasteiger partial charge in [-0.3, -0.25) is 4.98 Å². The molecule has 0 saturated heterocycles. The van der Waals surface area contributed by atoms with Crippen molar-refractivity contribution in [2.75, 3.05) is 0 Å². The summed E-state index contributed by atoms with van der Waals surface area (Å²) < 4.78 is 11.4. The smallest absolute Gasteiger partial charge is 0.407 e. The lowest BCUT2D eigenvalue weighted by atomic mass is 9.93. The van der Waals surface area contributed by atoms with Crippen LogP contribution in [0.5, 0.6) is 5.75 Å². The van der Waals surface area contributed by atoms with Crippen LogP contribution in [0.2, 0.25) is 5.02 Å². The van der Waals surface area contributed by atoms with Gasteiger partial charge in [0.25, 0.3) is 0 Å². The highest BCUT2D eigenvalue weighted by Gasteiger charge is 2.26. The second-order valence-corrected chi connectivity index (χ2v) is 8.09. The van der Waals surface area contributed by atoms with E-state index in [2.05, 4.69) is 10.3 Å². The highest BCUT2D eigenvalue weighted by atomic mass is 35.5. The van der Waals surface area contributed by atoms with Crippen LogP contribution in [0.3, 0.4) is 0 Å². The zero-order valence-electron chi connectivity index (χ0n) is 15.4. The standard InChI is InChI=1S/C20H25ClN2O3/c1-20(2,3)26-19(24)23-14-5-7-15(8-6-14)25-17-9-4-13-12-22-11-10-16(13)18(17)21/h4,9-12,14-15H,5-8H2,1-3H3,(H,23,24)/t14-,15-. The number of ether oxygens (including phenoxy) is 2. The number of hydrogen-bond acceptors (Lipinski definition) is 4. The lowest BCUT2D eigenvalue weighted by Gasteiger charge is -2.30. The Morgan fingerprint density at radius 2 is 1.92 bits per heavy atom. The van der Waals surface area contributed by atoms with Gasteiger partial charge in [0.1, 0.15) is 11.4 Å². The minimum Gasteiger partial charge on any atom is -0.489 e. The molecule has 0 atom stereocenters. The van der Waals surface area contributed by atoms with Crippen LogP contribution in [0.15, 0.2) is 30.6 Å². The third-order valence-corrected chi connectivity index (χ3v) is 4.80. The summed E-state index contributed by atoms with van der Waals surface area (Å²) in [6, 6.07) is 5.89. The molecule has 5 nitrogen and oxygen atoms in total. The van der Waals surface area contributed by atoms with Crippen LogP contribution in [-0.4, -0.2) is 28.8 Å². The van der Waals surface area contributed by atoms with Gasteiger partial charge in [-0.1, -0.05) is 11.6 Å². The summed E-state index contributed by atoms with van der Waals surface area (Å²) in [6.07, 6.45) is 6.72. The van der Waals surface area contributed by atoms with Crippen LogP contribution in [0.4, 0.5) is 4.79 Å². The molecule has 26 heavy (non-hydrogen) atoms. The quantitative estimate of drug-likeness (QED) is 0.809. The minimum atomic E-state index is -0.479. The molecule has 1 aromatic heterocycles. The molecule has 1 aliphatic rings. The molecule has 0 spiro atoms. The molecule has 0 aliphatic heterocycles. The fraction of sp³-hybridized carbons (Fsp3) is 0.500. The van der Waals surface area contributed by atoms with Gasteiger partial charge in [-0.15, -0.1) is 0 Å². The van der Waals surface area contributed by atoms with Crippen LogP contribution in [0.1, 0.15) is 46.5 Å². The SMILES string of the molecule is CC(C)(C)OC(=O)N[C@H]1CC[C@H](Oc2ccc3cnccc3c2Cl)CC1. The van der Waals surface area contributed by atoms with Gasteiger partial charge in [0.05, 0.1) is 11.1 Å². The minimum absolute atomic E-state index is 0.100. The van der Waals surface area contributed by atoms with Crippen molar-refractivity contribution in [3.63, 3.8) is 0 Å². The first kappa shape index (κ1) is 18.8. The van der Waals surface area contributed by atoms with Crippen molar-refractivity contribution in [2.24, 2.45) is 0 Å². The number of carbonyl (C=O) groups is 1. The van der Waals surface area contributed by atoms with E-state index in [0.717, 1.165) is 36.5 Å². The average Bonchev–Trinajstić information content (AvgIpc) is 2.57. The molecule has 0 radical (unpaired) electrons. The van der Waals surface area contributed by atoms with Gasteiger partial charge < -0.3 is 14.8 Å². The highest BCUT2D eigenvalue weighted by molar-refractivity contribution is 6.37. The number of benzene rings is 1. The largest absolute Gasteiger partial charge is 0.489 e. The molecule has 0 unspecified atom stereocenters. The van der Waals surface area contributed by atoms with E-state index in [0.29, 0.717) is 10.8 Å². The van der Waals surface area contributed by atoms with Crippen molar-refractivity contribution in [1.82, 2.24) is 10.3 Å². The molecule has 1 amide bonds. The second kappa shape index (κ2) is 7.70. The number of fused-ring (bicyclic) bond motifs is 1. The van der Waals surface area contributed by atoms with E-state index < -0.39 is 5.60 Å². The molecule has 3 rings (SSSR count). The van der Waals surface area contributed by atoms with Gasteiger partial charge in [0, 0.05) is 29.2 Å². The molecule has 1 saturated carbocycles. The Morgan fingerprint density at radius 3 is 2.62 bits per heavy atom. The van der Waals surface area contributed by atoms with Gasteiger partial charge in [-0.2, -0.15) is 0 Å². The molecule has 140 valence electrons. The highest BCUT2D eigenvalue weighted by Crippen LogP contribution is 2.34. The first-order valence-electron chi connectivity index (χ1n) is 9.00. The maximum Gasteiger partial charge on any atom is 0.407 e. The zero-order chi connectivity index (χ0) is 18.7. The molecule has 2 aromatic rings. The van der Waals surface area contributed by atoms with Crippen molar-refractivity contribution >= 4 is 28.5 Å². The number of rotatable bonds is 3. The molecule has 1 fully saturated rings. The van der Waals surface area contributed by atoms with E-state index in [4.69, 9.17) is 21.1 Å². The topological polar surface area (TPSA) is 60.5 Å². The summed E-state index contributed by atoms with van der Waals surface area (Å²) in [4.78, 5) is 16.0. The second-order valence-electron chi connectivity index (χ2n) is 7.71. The lowest BCUT2D eigenvalue weighted by Crippen LogP contribution is -2.42. The summed E-state index contributed by atoms with van der Waals surface area (Å²) in [6.45, 7) is 5.59. The molecule has 0 bridgehead atoms. The van der Waals surface area contributed by atoms with Gasteiger partial charge in [0.2, 0.25) is 0 Å². The van der Waals surface area contributed by atoms with Crippen LogP contribution >= 0.6 is 11.6 Å². The maximum atomic E-state index is 11.9. The summed E-state index contributed by atoms with van der Waals surface area (Å²) in [7, 11) is 0. The lowest BCUT2D eigenvalue weighted by molar-refractivity contribution is 0.0471. The Hall–Kier alpha value is -2.01. The number of nitrogens with one attached hydrogen (secondary N) is 1. The predicted octanol–water partition coefficient (Wildman–Crippen LogP) is 5.10. The van der Waals surface area contributed by atoms with Crippen molar-refractivity contribution < 1.29 is 14.3 Å². The maximum absolute atomic E-state index is 11.9. The summed E-state index contributed by atoms with van der Waals surface area (Å²) in [5.41, 5.74) is -0.479. The van der Waals surface area contributed by atoms with Crippen LogP contribution in [-0.2, 0) is 4.74 Å². The van der Waals surface area contributed by atoms with Crippen LogP contribution < -0.4 is 10.1 Å². The van der Waals surface area contributed by atoms with E-state index >= 15 is 0 Å². The molecule has 1 aliphatic carbocycles. The number of carbonyl (C=O) groups excluding carboxylic acids is 1. The summed E-state index contributed by atoms with van der Waals surface area (Å²) in [5, 5.41) is 5.51. The van der Waals surface area contributed by atoms with Crippen molar-refractivity contribution in [1.29, 1.82) is 0 Å². The monoisotopic (exact) mass is 376 g/mol. The number of halogens is 1. The number of hydrogen-bond donors (Lipinski definition) is 1. The molecule has 1 heterocycles. The summed E-state index contributed by atoms with van der Waals surface area (Å²) in [5.74, 6) is 0.703. The molecule has 1 N–H and O–H groups in total. The number of aromatic nitrogens is 1. The Balaban J connectivity index is 1.54. The van der Waals surface area contributed by atoms with Gasteiger partial charge in [-0.25, -0.2) is 4.79 Å². The first-order chi connectivity index (χ1) is 12.3. The zero-order valence-corrected chi connectivity index (χ0v) is 16.2. The Morgan fingerprint density at radius 1 is 1.19 bits per heavy atom. The van der Waals surface area contributed by atoms with E-state index in [1.165, 1.54) is 0 Å². The number of nitrogens with zero attached hydrogens (tertiary/aromatic N) is 1. The number of amides is 1. The third-order valence-electron chi connectivity index (χ3n) is 4.41. The average molecular weight is 377 g/mol. The van der Waals surface area contributed by atoms with E-state index in [1.807, 2.05) is 39.0 Å². The number of pyridine rings is 1. The van der Waals surface area contributed by atoms with E-state index in [-0.39, 0.29) is 18.2 Å². The van der Waals surface area contributed by atoms with Crippen molar-refractivity contribution in [3.05, 3.63) is 35.6 Å². The molecule has 1 aromatic carbocycles. The van der Waals surface area contributed by atoms with Gasteiger partial charge >= 0.3 is 6.09 Å². The van der Waals surface area contributed by atoms with E-state index in [9.17, 15) is 4.79 Å². The van der Waals surface area contributed by atoms with Crippen molar-refractivity contribution in [3.8, 4) is 5.75 Å². The predicted molar refractivity (Wildman–Crippen MR) is 103 cm³/mol. The normalized spacial score (nSPS) is 20.6. The fourth-order valence-electron chi connectivity index (χ4n) is 3.18. The van der Waals surface area contributed by atoms with Crippen molar-refractivity contribution in [2.45, 2.75) is 64.2 Å². The molecular formula is C20H25ClN2O3. The fourth-order valence-corrected chi connectivity index (χ4v) is 3.46. The van der Waals surface area contributed by atoms with Gasteiger partial charge in [-0.05, 0) is 64.7 Å². The van der Waals surface area contributed by atoms with Crippen LogP contribution in [0.25, 0.3) is 10.8 Å². The Bertz CT molecular complexity index is 780. The summed E-state index contributed by atoms with van der Waals surface area (Å²) >= 11 is 6.49. The molecular weight excluding hydrogens is 352 g/mol. The Kier molecular flexibility index (Phi) is 5.56. The molecule has 6 heteroatoms. The third kappa shape index (κ3) is 4.79. The van der Waals surface area contributed by atoms with Gasteiger partial charge in [0.15, 0.2) is 0 Å². The first-order valence-corrected chi connectivity index (χ1v) is 9.38.